The van der Waals surface area contributed by atoms with Crippen LogP contribution in [-0.4, -0.2) is 7.11 Å². The highest BCUT2D eigenvalue weighted by molar-refractivity contribution is 9.10. The van der Waals surface area contributed by atoms with Crippen LogP contribution < -0.4 is 4.74 Å². The molecule has 1 rings (SSSR count). The number of benzene rings is 1. The minimum atomic E-state index is 0.799. The standard InChI is InChI=1S/C7H6BrClOS.C2H6/c1-10-6-3-2-5(8)4-7(6)11-9;1-2/h2-4H,1H3;1-2H3. The zero-order valence-corrected chi connectivity index (χ0v) is 11.0. The van der Waals surface area contributed by atoms with Gasteiger partial charge in [0, 0.05) is 4.47 Å². The molecule has 1 aromatic carbocycles. The van der Waals surface area contributed by atoms with Crippen molar-refractivity contribution in [3.8, 4) is 5.75 Å². The molecule has 0 atom stereocenters. The molecule has 0 bridgehead atoms. The molecule has 0 heterocycles. The molecule has 0 radical (unpaired) electrons. The Labute approximate surface area is 96.4 Å². The van der Waals surface area contributed by atoms with Crippen LogP contribution in [0.5, 0.6) is 5.75 Å². The van der Waals surface area contributed by atoms with Crippen LogP contribution in [0.2, 0.25) is 0 Å². The van der Waals surface area contributed by atoms with Crippen molar-refractivity contribution in [2.75, 3.05) is 7.11 Å². The SMILES string of the molecule is CC.COc1ccc(Br)cc1SCl. The van der Waals surface area contributed by atoms with Crippen molar-refractivity contribution in [3.63, 3.8) is 0 Å². The molecule has 74 valence electrons. The molecule has 0 aromatic heterocycles. The van der Waals surface area contributed by atoms with E-state index in [0.29, 0.717) is 0 Å². The average Bonchev–Trinajstić information content (AvgIpc) is 2.20. The molecule has 4 heteroatoms. The van der Waals surface area contributed by atoms with Gasteiger partial charge in [0.15, 0.2) is 0 Å². The van der Waals surface area contributed by atoms with Crippen molar-refractivity contribution in [1.29, 1.82) is 0 Å². The Hall–Kier alpha value is 0.140. The summed E-state index contributed by atoms with van der Waals surface area (Å²) in [5.41, 5.74) is 0. The first-order valence-electron chi connectivity index (χ1n) is 3.90. The summed E-state index contributed by atoms with van der Waals surface area (Å²) < 4.78 is 6.07. The van der Waals surface area contributed by atoms with E-state index >= 15 is 0 Å². The molecule has 13 heavy (non-hydrogen) atoms. The van der Waals surface area contributed by atoms with Gasteiger partial charge in [-0.1, -0.05) is 29.8 Å². The lowest BCUT2D eigenvalue weighted by Gasteiger charge is -2.03. The minimum absolute atomic E-state index is 0.799. The molecule has 0 amide bonds. The number of halogens is 2. The van der Waals surface area contributed by atoms with E-state index in [2.05, 4.69) is 15.9 Å². The summed E-state index contributed by atoms with van der Waals surface area (Å²) in [5.74, 6) is 0.799. The Bertz CT molecular complexity index is 255. The van der Waals surface area contributed by atoms with E-state index in [-0.39, 0.29) is 0 Å². The van der Waals surface area contributed by atoms with Crippen LogP contribution in [-0.2, 0) is 0 Å². The number of ether oxygens (including phenoxy) is 1. The first kappa shape index (κ1) is 13.1. The molecule has 1 nitrogen and oxygen atoms in total. The topological polar surface area (TPSA) is 9.23 Å². The molecule has 0 N–H and O–H groups in total. The van der Waals surface area contributed by atoms with Crippen LogP contribution in [0.25, 0.3) is 0 Å². The van der Waals surface area contributed by atoms with E-state index in [4.69, 9.17) is 15.4 Å². The van der Waals surface area contributed by atoms with Crippen molar-refractivity contribution >= 4 is 37.6 Å². The average molecular weight is 284 g/mol. The molecule has 0 aliphatic rings. The molecule has 0 aliphatic heterocycles. The second kappa shape index (κ2) is 7.54. The molecule has 0 spiro atoms. The zero-order valence-electron chi connectivity index (χ0n) is 7.80. The van der Waals surface area contributed by atoms with Gasteiger partial charge < -0.3 is 4.74 Å². The van der Waals surface area contributed by atoms with Crippen molar-refractivity contribution in [2.24, 2.45) is 0 Å². The molecular weight excluding hydrogens is 272 g/mol. The number of methoxy groups -OCH3 is 1. The van der Waals surface area contributed by atoms with Gasteiger partial charge in [-0.25, -0.2) is 0 Å². The fourth-order valence-corrected chi connectivity index (χ4v) is 1.98. The van der Waals surface area contributed by atoms with E-state index in [0.717, 1.165) is 26.1 Å². The van der Waals surface area contributed by atoms with Crippen LogP contribution in [0.3, 0.4) is 0 Å². The molecule has 0 saturated heterocycles. The highest BCUT2D eigenvalue weighted by atomic mass is 79.9. The number of hydrogen-bond acceptors (Lipinski definition) is 2. The molecule has 0 fully saturated rings. The van der Waals surface area contributed by atoms with Crippen molar-refractivity contribution < 1.29 is 4.74 Å². The van der Waals surface area contributed by atoms with Crippen LogP contribution in [0.1, 0.15) is 13.8 Å². The quantitative estimate of drug-likeness (QED) is 0.776. The van der Waals surface area contributed by atoms with E-state index in [1.165, 1.54) is 0 Å². The minimum Gasteiger partial charge on any atom is -0.496 e. The van der Waals surface area contributed by atoms with Gasteiger partial charge in [-0.15, -0.1) is 0 Å². The molecular formula is C9H12BrClOS. The largest absolute Gasteiger partial charge is 0.496 e. The van der Waals surface area contributed by atoms with E-state index in [1.807, 2.05) is 32.0 Å². The third-order valence-corrected chi connectivity index (χ3v) is 2.69. The number of hydrogen-bond donors (Lipinski definition) is 0. The highest BCUT2D eigenvalue weighted by Gasteiger charge is 2.01. The van der Waals surface area contributed by atoms with Crippen molar-refractivity contribution in [3.05, 3.63) is 22.7 Å². The summed E-state index contributed by atoms with van der Waals surface area (Å²) in [4.78, 5) is 0.920. The summed E-state index contributed by atoms with van der Waals surface area (Å²) in [7, 11) is 8.37. The number of rotatable bonds is 2. The normalized spacial score (nSPS) is 8.69. The van der Waals surface area contributed by atoms with E-state index in [9.17, 15) is 0 Å². The second-order valence-electron chi connectivity index (χ2n) is 1.87. The van der Waals surface area contributed by atoms with Crippen molar-refractivity contribution in [1.82, 2.24) is 0 Å². The van der Waals surface area contributed by atoms with Crippen LogP contribution in [0.4, 0.5) is 0 Å². The van der Waals surface area contributed by atoms with Crippen LogP contribution in [0.15, 0.2) is 27.6 Å². The highest BCUT2D eigenvalue weighted by Crippen LogP contribution is 2.33. The molecule has 0 unspecified atom stereocenters. The second-order valence-corrected chi connectivity index (χ2v) is 3.85. The van der Waals surface area contributed by atoms with E-state index < -0.39 is 0 Å². The van der Waals surface area contributed by atoms with Crippen LogP contribution in [0, 0.1) is 0 Å². The first-order chi connectivity index (χ1) is 6.27. The maximum atomic E-state index is 5.60. The monoisotopic (exact) mass is 282 g/mol. The van der Waals surface area contributed by atoms with Gasteiger partial charge >= 0.3 is 0 Å². The lowest BCUT2D eigenvalue weighted by atomic mass is 10.3. The van der Waals surface area contributed by atoms with Gasteiger partial charge in [0.25, 0.3) is 0 Å². The maximum absolute atomic E-state index is 5.60. The maximum Gasteiger partial charge on any atom is 0.133 e. The summed E-state index contributed by atoms with van der Waals surface area (Å²) in [5, 5.41) is 0. The zero-order chi connectivity index (χ0) is 10.3. The lowest BCUT2D eigenvalue weighted by molar-refractivity contribution is 0.405. The first-order valence-corrected chi connectivity index (χ1v) is 6.33. The Kier molecular flexibility index (Phi) is 7.62. The lowest BCUT2D eigenvalue weighted by Crippen LogP contribution is -1.83. The summed E-state index contributed by atoms with van der Waals surface area (Å²) in [6.45, 7) is 4.00. The summed E-state index contributed by atoms with van der Waals surface area (Å²) in [6.07, 6.45) is 0. The van der Waals surface area contributed by atoms with Gasteiger partial charge in [-0.2, -0.15) is 0 Å². The Balaban J connectivity index is 0.000000671. The molecule has 1 aromatic rings. The predicted molar refractivity (Wildman–Crippen MR) is 63.8 cm³/mol. The Morgan fingerprint density at radius 2 is 2.00 bits per heavy atom. The van der Waals surface area contributed by atoms with Gasteiger partial charge in [0.2, 0.25) is 0 Å². The fraction of sp³-hybridized carbons (Fsp3) is 0.333. The van der Waals surface area contributed by atoms with Gasteiger partial charge in [-0.3, -0.25) is 0 Å². The third kappa shape index (κ3) is 4.25. The van der Waals surface area contributed by atoms with Gasteiger partial charge in [0.1, 0.15) is 5.75 Å². The Morgan fingerprint density at radius 1 is 1.38 bits per heavy atom. The fourth-order valence-electron chi connectivity index (χ4n) is 0.711. The van der Waals surface area contributed by atoms with Gasteiger partial charge in [0.05, 0.1) is 12.0 Å². The smallest absolute Gasteiger partial charge is 0.133 e. The molecule has 0 aliphatic carbocycles. The van der Waals surface area contributed by atoms with Crippen LogP contribution >= 0.6 is 37.6 Å². The molecule has 0 saturated carbocycles. The third-order valence-electron chi connectivity index (χ3n) is 1.21. The van der Waals surface area contributed by atoms with Crippen molar-refractivity contribution in [2.45, 2.75) is 18.7 Å². The summed E-state index contributed by atoms with van der Waals surface area (Å²) in [6, 6.07) is 5.70. The summed E-state index contributed by atoms with van der Waals surface area (Å²) >= 11 is 3.34. The predicted octanol–water partition coefficient (Wildman–Crippen LogP) is 4.73. The van der Waals surface area contributed by atoms with E-state index in [1.54, 1.807) is 7.11 Å². The van der Waals surface area contributed by atoms with Gasteiger partial charge in [-0.05, 0) is 39.9 Å². The Morgan fingerprint density at radius 3 is 2.46 bits per heavy atom.